The number of carbonyl (C=O) groups is 3. The van der Waals surface area contributed by atoms with Crippen LogP contribution in [0.5, 0.6) is 0 Å². The number of amides is 2. The van der Waals surface area contributed by atoms with E-state index in [0.29, 0.717) is 10.6 Å². The van der Waals surface area contributed by atoms with Crippen LogP contribution in [0.2, 0.25) is 0 Å². The maximum atomic E-state index is 12.2. The fraction of sp³-hybridized carbons (Fsp3) is 0.462. The molecular weight excluding hydrogens is 280 g/mol. The lowest BCUT2D eigenvalue weighted by atomic mass is 10.1. The van der Waals surface area contributed by atoms with E-state index in [1.54, 1.807) is 0 Å². The van der Waals surface area contributed by atoms with Gasteiger partial charge in [0.25, 0.3) is 5.91 Å². The molecule has 2 amide bonds. The summed E-state index contributed by atoms with van der Waals surface area (Å²) in [5.41, 5.74) is 1.50. The Bertz CT molecular complexity index is 565. The number of hydrogen-bond donors (Lipinski definition) is 3. The Balaban J connectivity index is 2.17. The van der Waals surface area contributed by atoms with Gasteiger partial charge >= 0.3 is 5.97 Å². The molecule has 3 N–H and O–H groups in total. The molecule has 20 heavy (non-hydrogen) atoms. The van der Waals surface area contributed by atoms with Crippen LogP contribution in [-0.4, -0.2) is 29.4 Å². The highest BCUT2D eigenvalue weighted by molar-refractivity contribution is 7.17. The van der Waals surface area contributed by atoms with Crippen LogP contribution in [0.3, 0.4) is 0 Å². The van der Waals surface area contributed by atoms with Crippen molar-refractivity contribution in [2.75, 3.05) is 11.9 Å². The maximum Gasteiger partial charge on any atom is 0.305 e. The Kier molecular flexibility index (Phi) is 4.39. The molecule has 0 saturated carbocycles. The largest absolute Gasteiger partial charge is 0.481 e. The molecule has 1 aliphatic carbocycles. The average molecular weight is 296 g/mol. The van der Waals surface area contributed by atoms with Crippen molar-refractivity contribution < 1.29 is 19.5 Å². The molecule has 2 rings (SSSR count). The van der Waals surface area contributed by atoms with Gasteiger partial charge in [0.15, 0.2) is 0 Å². The molecule has 1 aromatic heterocycles. The first-order valence-electron chi connectivity index (χ1n) is 6.41. The maximum absolute atomic E-state index is 12.2. The lowest BCUT2D eigenvalue weighted by Crippen LogP contribution is -2.27. The van der Waals surface area contributed by atoms with Crippen LogP contribution in [0, 0.1) is 0 Å². The Hall–Kier alpha value is -1.89. The van der Waals surface area contributed by atoms with Crippen molar-refractivity contribution in [3.05, 3.63) is 16.0 Å². The van der Waals surface area contributed by atoms with Gasteiger partial charge in [-0.05, 0) is 24.8 Å². The van der Waals surface area contributed by atoms with E-state index in [9.17, 15) is 14.4 Å². The molecule has 0 aliphatic heterocycles. The van der Waals surface area contributed by atoms with Gasteiger partial charge in [0.1, 0.15) is 5.00 Å². The number of carboxylic acid groups (broad SMARTS) is 1. The van der Waals surface area contributed by atoms with Crippen LogP contribution in [0.1, 0.15) is 40.6 Å². The minimum Gasteiger partial charge on any atom is -0.481 e. The van der Waals surface area contributed by atoms with E-state index in [-0.39, 0.29) is 24.8 Å². The molecule has 0 atom stereocenters. The lowest BCUT2D eigenvalue weighted by Gasteiger charge is -2.07. The molecule has 0 spiro atoms. The van der Waals surface area contributed by atoms with Gasteiger partial charge in [-0.3, -0.25) is 14.4 Å². The predicted octanol–water partition coefficient (Wildman–Crippen LogP) is 1.40. The summed E-state index contributed by atoms with van der Waals surface area (Å²) in [5.74, 6) is -1.48. The highest BCUT2D eigenvalue weighted by Crippen LogP contribution is 2.38. The van der Waals surface area contributed by atoms with Crippen LogP contribution >= 0.6 is 11.3 Å². The number of carbonyl (C=O) groups excluding carboxylic acids is 2. The summed E-state index contributed by atoms with van der Waals surface area (Å²) in [5, 5.41) is 14.4. The van der Waals surface area contributed by atoms with Gasteiger partial charge in [0.2, 0.25) is 5.91 Å². The highest BCUT2D eigenvalue weighted by atomic mass is 32.1. The van der Waals surface area contributed by atoms with Gasteiger partial charge in [-0.15, -0.1) is 11.3 Å². The standard InChI is InChI=1S/C13H16N2O4S/c1-7(16)15-13-11(8-3-2-4-9(8)20-13)12(19)14-6-5-10(17)18/h2-6H2,1H3,(H,14,19)(H,15,16)(H,17,18). The summed E-state index contributed by atoms with van der Waals surface area (Å²) < 4.78 is 0. The fourth-order valence-electron chi connectivity index (χ4n) is 2.26. The second kappa shape index (κ2) is 6.04. The van der Waals surface area contributed by atoms with Gasteiger partial charge in [0, 0.05) is 18.3 Å². The van der Waals surface area contributed by atoms with Crippen molar-refractivity contribution in [1.29, 1.82) is 0 Å². The van der Waals surface area contributed by atoms with E-state index in [1.165, 1.54) is 18.3 Å². The Morgan fingerprint density at radius 3 is 2.70 bits per heavy atom. The molecule has 0 unspecified atom stereocenters. The van der Waals surface area contributed by atoms with Crippen molar-refractivity contribution in [1.82, 2.24) is 5.32 Å². The SMILES string of the molecule is CC(=O)Nc1sc2c(c1C(=O)NCCC(=O)O)CCC2. The zero-order chi connectivity index (χ0) is 14.7. The molecule has 0 aromatic carbocycles. The number of carboxylic acids is 1. The summed E-state index contributed by atoms with van der Waals surface area (Å²) in [7, 11) is 0. The van der Waals surface area contributed by atoms with E-state index in [4.69, 9.17) is 5.11 Å². The summed E-state index contributed by atoms with van der Waals surface area (Å²) in [6.45, 7) is 1.48. The molecule has 0 bridgehead atoms. The number of nitrogens with one attached hydrogen (secondary N) is 2. The topological polar surface area (TPSA) is 95.5 Å². The molecule has 1 aromatic rings. The zero-order valence-electron chi connectivity index (χ0n) is 11.1. The number of aliphatic carboxylic acids is 1. The number of fused-ring (bicyclic) bond motifs is 1. The first-order chi connectivity index (χ1) is 9.49. The Labute approximate surface area is 120 Å². The highest BCUT2D eigenvalue weighted by Gasteiger charge is 2.26. The molecule has 1 aliphatic rings. The summed E-state index contributed by atoms with van der Waals surface area (Å²) >= 11 is 1.44. The normalized spacial score (nSPS) is 12.8. The van der Waals surface area contributed by atoms with Crippen molar-refractivity contribution in [2.45, 2.75) is 32.6 Å². The van der Waals surface area contributed by atoms with Crippen LogP contribution in [0.15, 0.2) is 0 Å². The lowest BCUT2D eigenvalue weighted by molar-refractivity contribution is -0.136. The van der Waals surface area contributed by atoms with Crippen molar-refractivity contribution in [2.24, 2.45) is 0 Å². The molecule has 1 heterocycles. The third-order valence-electron chi connectivity index (χ3n) is 3.06. The third-order valence-corrected chi connectivity index (χ3v) is 4.27. The molecule has 6 nitrogen and oxygen atoms in total. The smallest absolute Gasteiger partial charge is 0.305 e. The minimum atomic E-state index is -0.956. The predicted molar refractivity (Wildman–Crippen MR) is 75.2 cm³/mol. The summed E-state index contributed by atoms with van der Waals surface area (Å²) in [6.07, 6.45) is 2.65. The molecular formula is C13H16N2O4S. The molecule has 0 saturated heterocycles. The van der Waals surface area contributed by atoms with Gasteiger partial charge in [0.05, 0.1) is 12.0 Å². The summed E-state index contributed by atoms with van der Waals surface area (Å²) in [4.78, 5) is 35.0. The Morgan fingerprint density at radius 1 is 1.30 bits per heavy atom. The van der Waals surface area contributed by atoms with Crippen molar-refractivity contribution in [3.63, 3.8) is 0 Å². The molecule has 0 radical (unpaired) electrons. The van der Waals surface area contributed by atoms with Crippen LogP contribution in [-0.2, 0) is 22.4 Å². The number of aryl methyl sites for hydroxylation is 1. The number of thiophene rings is 1. The van der Waals surface area contributed by atoms with Gasteiger partial charge in [-0.1, -0.05) is 0 Å². The first-order valence-corrected chi connectivity index (χ1v) is 7.22. The third kappa shape index (κ3) is 3.16. The molecule has 7 heteroatoms. The fourth-order valence-corrected chi connectivity index (χ4v) is 3.60. The van der Waals surface area contributed by atoms with Crippen molar-refractivity contribution in [3.8, 4) is 0 Å². The summed E-state index contributed by atoms with van der Waals surface area (Å²) in [6, 6.07) is 0. The van der Waals surface area contributed by atoms with Crippen LogP contribution in [0.4, 0.5) is 5.00 Å². The van der Waals surface area contributed by atoms with E-state index >= 15 is 0 Å². The second-order valence-electron chi connectivity index (χ2n) is 4.64. The number of anilines is 1. The van der Waals surface area contributed by atoms with E-state index in [1.807, 2.05) is 0 Å². The van der Waals surface area contributed by atoms with E-state index < -0.39 is 5.97 Å². The van der Waals surface area contributed by atoms with Crippen LogP contribution in [0.25, 0.3) is 0 Å². The molecule has 0 fully saturated rings. The van der Waals surface area contributed by atoms with Gasteiger partial charge in [-0.2, -0.15) is 0 Å². The van der Waals surface area contributed by atoms with E-state index in [2.05, 4.69) is 10.6 Å². The zero-order valence-corrected chi connectivity index (χ0v) is 11.9. The van der Waals surface area contributed by atoms with E-state index in [0.717, 1.165) is 29.7 Å². The minimum absolute atomic E-state index is 0.0816. The Morgan fingerprint density at radius 2 is 2.05 bits per heavy atom. The van der Waals surface area contributed by atoms with Gasteiger partial charge in [-0.25, -0.2) is 0 Å². The molecule has 108 valence electrons. The van der Waals surface area contributed by atoms with Crippen LogP contribution < -0.4 is 10.6 Å². The van der Waals surface area contributed by atoms with Gasteiger partial charge < -0.3 is 15.7 Å². The average Bonchev–Trinajstić information content (AvgIpc) is 2.87. The first kappa shape index (κ1) is 14.5. The second-order valence-corrected chi connectivity index (χ2v) is 5.75. The quantitative estimate of drug-likeness (QED) is 0.765. The number of rotatable bonds is 5. The number of hydrogen-bond acceptors (Lipinski definition) is 4. The van der Waals surface area contributed by atoms with Crippen molar-refractivity contribution >= 4 is 34.1 Å². The monoisotopic (exact) mass is 296 g/mol.